The molecular formula is C14H18O5. The van der Waals surface area contributed by atoms with E-state index in [2.05, 4.69) is 0 Å². The van der Waals surface area contributed by atoms with Gasteiger partial charge in [0.05, 0.1) is 30.9 Å². The van der Waals surface area contributed by atoms with Crippen molar-refractivity contribution in [2.24, 2.45) is 0 Å². The van der Waals surface area contributed by atoms with E-state index < -0.39 is 11.9 Å². The van der Waals surface area contributed by atoms with Crippen molar-refractivity contribution in [1.82, 2.24) is 0 Å². The van der Waals surface area contributed by atoms with Crippen LogP contribution in [0.4, 0.5) is 0 Å². The Hall–Kier alpha value is -2.04. The van der Waals surface area contributed by atoms with E-state index in [9.17, 15) is 9.59 Å². The second-order valence-electron chi connectivity index (χ2n) is 3.62. The third kappa shape index (κ3) is 4.28. The maximum atomic E-state index is 11.7. The summed E-state index contributed by atoms with van der Waals surface area (Å²) in [6, 6.07) is 4.53. The normalized spacial score (nSPS) is 9.84. The minimum Gasteiger partial charge on any atom is -0.494 e. The number of hydrogen-bond donors (Lipinski definition) is 0. The fraction of sp³-hybridized carbons (Fsp3) is 0.429. The Kier molecular flexibility index (Phi) is 5.85. The zero-order valence-electron chi connectivity index (χ0n) is 11.4. The van der Waals surface area contributed by atoms with Gasteiger partial charge in [-0.05, 0) is 39.0 Å². The van der Waals surface area contributed by atoms with Crippen LogP contribution in [0.5, 0.6) is 5.75 Å². The average molecular weight is 266 g/mol. The summed E-state index contributed by atoms with van der Waals surface area (Å²) in [7, 11) is 0. The van der Waals surface area contributed by atoms with Crippen LogP contribution in [0.3, 0.4) is 0 Å². The molecule has 0 saturated heterocycles. The third-order valence-electron chi connectivity index (χ3n) is 2.24. The van der Waals surface area contributed by atoms with Gasteiger partial charge in [-0.2, -0.15) is 0 Å². The van der Waals surface area contributed by atoms with E-state index in [1.807, 2.05) is 6.92 Å². The highest BCUT2D eigenvalue weighted by molar-refractivity contribution is 5.96. The molecule has 1 rings (SSSR count). The number of rotatable bonds is 6. The zero-order valence-corrected chi connectivity index (χ0v) is 11.4. The van der Waals surface area contributed by atoms with Crippen molar-refractivity contribution < 1.29 is 23.8 Å². The van der Waals surface area contributed by atoms with Gasteiger partial charge in [0, 0.05) is 0 Å². The maximum Gasteiger partial charge on any atom is 0.338 e. The first kappa shape index (κ1) is 15.0. The highest BCUT2D eigenvalue weighted by Gasteiger charge is 2.15. The Morgan fingerprint density at radius 2 is 1.32 bits per heavy atom. The van der Waals surface area contributed by atoms with Crippen LogP contribution in [0.25, 0.3) is 0 Å². The molecule has 0 saturated carbocycles. The van der Waals surface area contributed by atoms with Crippen LogP contribution >= 0.6 is 0 Å². The highest BCUT2D eigenvalue weighted by atomic mass is 16.5. The maximum absolute atomic E-state index is 11.7. The largest absolute Gasteiger partial charge is 0.494 e. The first-order chi connectivity index (χ1) is 9.12. The van der Waals surface area contributed by atoms with E-state index in [1.165, 1.54) is 6.07 Å². The molecule has 0 aliphatic carbocycles. The predicted octanol–water partition coefficient (Wildman–Crippen LogP) is 2.44. The molecule has 0 bridgehead atoms. The smallest absolute Gasteiger partial charge is 0.338 e. The Balaban J connectivity index is 3.09. The molecule has 0 fully saturated rings. The second-order valence-corrected chi connectivity index (χ2v) is 3.62. The summed E-state index contributed by atoms with van der Waals surface area (Å²) in [5.41, 5.74) is 0.548. The van der Waals surface area contributed by atoms with E-state index in [1.54, 1.807) is 26.0 Å². The van der Waals surface area contributed by atoms with Crippen LogP contribution in [0.15, 0.2) is 18.2 Å². The van der Waals surface area contributed by atoms with Gasteiger partial charge in [-0.15, -0.1) is 0 Å². The number of benzene rings is 1. The topological polar surface area (TPSA) is 61.8 Å². The molecule has 0 amide bonds. The van der Waals surface area contributed by atoms with Crippen LogP contribution in [-0.4, -0.2) is 31.8 Å². The molecule has 0 atom stereocenters. The van der Waals surface area contributed by atoms with Gasteiger partial charge >= 0.3 is 11.9 Å². The van der Waals surface area contributed by atoms with Crippen LogP contribution in [0, 0.1) is 0 Å². The van der Waals surface area contributed by atoms with Gasteiger partial charge in [-0.25, -0.2) is 9.59 Å². The molecule has 1 aromatic carbocycles. The van der Waals surface area contributed by atoms with Crippen molar-refractivity contribution in [2.75, 3.05) is 19.8 Å². The monoisotopic (exact) mass is 266 g/mol. The molecule has 0 aliphatic heterocycles. The van der Waals surface area contributed by atoms with Crippen molar-refractivity contribution in [3.8, 4) is 5.75 Å². The summed E-state index contributed by atoms with van der Waals surface area (Å²) in [5.74, 6) is -0.541. The lowest BCUT2D eigenvalue weighted by molar-refractivity contribution is 0.0524. The standard InChI is InChI=1S/C14H18O5/c1-4-17-12-8-10(13(15)18-5-2)7-11(9-12)14(16)19-6-3/h7-9H,4-6H2,1-3H3. The van der Waals surface area contributed by atoms with Crippen molar-refractivity contribution in [3.63, 3.8) is 0 Å². The van der Waals surface area contributed by atoms with Crippen LogP contribution in [0.2, 0.25) is 0 Å². The SMILES string of the molecule is CCOC(=O)c1cc(OCC)cc(C(=O)OCC)c1. The van der Waals surface area contributed by atoms with E-state index in [0.717, 1.165) is 0 Å². The fourth-order valence-corrected chi connectivity index (χ4v) is 1.51. The van der Waals surface area contributed by atoms with E-state index in [0.29, 0.717) is 12.4 Å². The molecule has 0 spiro atoms. The quantitative estimate of drug-likeness (QED) is 0.740. The second kappa shape index (κ2) is 7.41. The lowest BCUT2D eigenvalue weighted by Crippen LogP contribution is -2.10. The van der Waals surface area contributed by atoms with Gasteiger partial charge < -0.3 is 14.2 Å². The fourth-order valence-electron chi connectivity index (χ4n) is 1.51. The summed E-state index contributed by atoms with van der Waals surface area (Å²) in [6.07, 6.45) is 0. The van der Waals surface area contributed by atoms with Crippen molar-refractivity contribution in [3.05, 3.63) is 29.3 Å². The minimum atomic E-state index is -0.491. The predicted molar refractivity (Wildman–Crippen MR) is 69.5 cm³/mol. The summed E-state index contributed by atoms with van der Waals surface area (Å²) < 4.78 is 15.1. The summed E-state index contributed by atoms with van der Waals surface area (Å²) in [6.45, 7) is 6.24. The van der Waals surface area contributed by atoms with Gasteiger partial charge in [0.15, 0.2) is 0 Å². The number of carbonyl (C=O) groups excluding carboxylic acids is 2. The molecule has 19 heavy (non-hydrogen) atoms. The summed E-state index contributed by atoms with van der Waals surface area (Å²) in [4.78, 5) is 23.4. The van der Waals surface area contributed by atoms with Crippen molar-refractivity contribution >= 4 is 11.9 Å². The van der Waals surface area contributed by atoms with E-state index in [-0.39, 0.29) is 24.3 Å². The number of carbonyl (C=O) groups is 2. The minimum absolute atomic E-state index is 0.270. The van der Waals surface area contributed by atoms with Gasteiger partial charge in [-0.3, -0.25) is 0 Å². The third-order valence-corrected chi connectivity index (χ3v) is 2.24. The average Bonchev–Trinajstić information content (AvgIpc) is 2.39. The summed E-state index contributed by atoms with van der Waals surface area (Å²) >= 11 is 0. The number of hydrogen-bond acceptors (Lipinski definition) is 5. The molecule has 104 valence electrons. The van der Waals surface area contributed by atoms with Gasteiger partial charge in [-0.1, -0.05) is 0 Å². The van der Waals surface area contributed by atoms with Crippen molar-refractivity contribution in [1.29, 1.82) is 0 Å². The Labute approximate surface area is 112 Å². The first-order valence-corrected chi connectivity index (χ1v) is 6.24. The molecule has 0 aromatic heterocycles. The van der Waals surface area contributed by atoms with Crippen molar-refractivity contribution in [2.45, 2.75) is 20.8 Å². The molecule has 0 radical (unpaired) electrons. The number of ether oxygens (including phenoxy) is 3. The van der Waals surface area contributed by atoms with Gasteiger partial charge in [0.1, 0.15) is 5.75 Å². The lowest BCUT2D eigenvalue weighted by Gasteiger charge is -2.09. The molecule has 0 heterocycles. The molecule has 1 aromatic rings. The van der Waals surface area contributed by atoms with Gasteiger partial charge in [0.2, 0.25) is 0 Å². The Morgan fingerprint density at radius 3 is 1.68 bits per heavy atom. The Morgan fingerprint density at radius 1 is 0.842 bits per heavy atom. The van der Waals surface area contributed by atoms with E-state index in [4.69, 9.17) is 14.2 Å². The molecule has 5 heteroatoms. The molecular weight excluding hydrogens is 248 g/mol. The zero-order chi connectivity index (χ0) is 14.3. The lowest BCUT2D eigenvalue weighted by atomic mass is 10.1. The highest BCUT2D eigenvalue weighted by Crippen LogP contribution is 2.19. The van der Waals surface area contributed by atoms with Crippen LogP contribution in [0.1, 0.15) is 41.5 Å². The molecule has 0 N–H and O–H groups in total. The van der Waals surface area contributed by atoms with E-state index >= 15 is 0 Å². The van der Waals surface area contributed by atoms with Crippen LogP contribution in [-0.2, 0) is 9.47 Å². The first-order valence-electron chi connectivity index (χ1n) is 6.24. The molecule has 0 aliphatic rings. The van der Waals surface area contributed by atoms with Gasteiger partial charge in [0.25, 0.3) is 0 Å². The number of esters is 2. The van der Waals surface area contributed by atoms with Crippen LogP contribution < -0.4 is 4.74 Å². The Bertz CT molecular complexity index is 417. The summed E-state index contributed by atoms with van der Waals surface area (Å²) in [5, 5.41) is 0. The molecule has 5 nitrogen and oxygen atoms in total. The molecule has 0 unspecified atom stereocenters.